The Hall–Kier alpha value is -0.880. The van der Waals surface area contributed by atoms with Crippen LogP contribution in [0, 0.1) is 0 Å². The van der Waals surface area contributed by atoms with E-state index in [9.17, 15) is 13.2 Å². The van der Waals surface area contributed by atoms with Crippen molar-refractivity contribution in [3.05, 3.63) is 12.2 Å². The second-order valence-corrected chi connectivity index (χ2v) is 9.04. The smallest absolute Gasteiger partial charge is 0.268 e. The molecular weight excluding hydrogens is 362 g/mol. The molecule has 0 aliphatic carbocycles. The van der Waals surface area contributed by atoms with Crippen molar-refractivity contribution >= 4 is 16.0 Å². The van der Waals surface area contributed by atoms with Crippen molar-refractivity contribution in [3.63, 3.8) is 0 Å². The van der Waals surface area contributed by atoms with E-state index < -0.39 is 16.0 Å². The van der Waals surface area contributed by atoms with Gasteiger partial charge in [0.2, 0.25) is 0 Å². The Kier molecular flexibility index (Phi) is 17.9. The largest absolute Gasteiger partial charge is 0.287 e. The van der Waals surface area contributed by atoms with Gasteiger partial charge in [-0.25, -0.2) is 5.48 Å². The zero-order valence-corrected chi connectivity index (χ0v) is 18.3. The molecule has 0 aromatic heterocycles. The number of rotatable bonds is 19. The molecule has 0 saturated carbocycles. The number of nitrogens with one attached hydrogen (secondary N) is 1. The maximum absolute atomic E-state index is 11.4. The number of allylic oxidation sites excluding steroid dienone is 1. The Morgan fingerprint density at radius 3 is 1.67 bits per heavy atom. The van der Waals surface area contributed by atoms with Gasteiger partial charge in [0.25, 0.3) is 16.0 Å². The fraction of sp³-hybridized carbons (Fsp3) is 0.857. The van der Waals surface area contributed by atoms with E-state index in [4.69, 9.17) is 0 Å². The van der Waals surface area contributed by atoms with E-state index in [2.05, 4.69) is 11.2 Å². The van der Waals surface area contributed by atoms with Crippen LogP contribution < -0.4 is 5.48 Å². The normalized spacial score (nSPS) is 11.9. The molecule has 0 aliphatic heterocycles. The standard InChI is InChI=1S/C21H41NO4S/c1-3-5-6-7-8-9-10-11-12-13-14-15-16-17-18-19-20-21(23)22-26-27(24,25)4-2/h19-20H,3-18H2,1-2H3,(H,22,23). The lowest BCUT2D eigenvalue weighted by Gasteiger charge is -2.03. The average molecular weight is 404 g/mol. The van der Waals surface area contributed by atoms with Gasteiger partial charge in [0.15, 0.2) is 0 Å². The fourth-order valence-corrected chi connectivity index (χ4v) is 3.17. The maximum Gasteiger partial charge on any atom is 0.287 e. The Labute approximate surface area is 167 Å². The molecule has 1 N–H and O–H groups in total. The second-order valence-electron chi connectivity index (χ2n) is 7.18. The van der Waals surface area contributed by atoms with Gasteiger partial charge in [-0.2, -0.15) is 8.42 Å². The molecule has 0 atom stereocenters. The maximum atomic E-state index is 11.4. The number of amides is 1. The van der Waals surface area contributed by atoms with Crippen LogP contribution in [0.4, 0.5) is 0 Å². The highest BCUT2D eigenvalue weighted by atomic mass is 32.2. The summed E-state index contributed by atoms with van der Waals surface area (Å²) in [5.41, 5.74) is 1.91. The molecule has 0 heterocycles. The van der Waals surface area contributed by atoms with Crippen LogP contribution in [0.5, 0.6) is 0 Å². The van der Waals surface area contributed by atoms with Crippen LogP contribution >= 0.6 is 0 Å². The van der Waals surface area contributed by atoms with E-state index in [-0.39, 0.29) is 5.75 Å². The van der Waals surface area contributed by atoms with Crippen molar-refractivity contribution in [2.45, 2.75) is 110 Å². The Balaban J connectivity index is 3.32. The van der Waals surface area contributed by atoms with Crippen molar-refractivity contribution in [1.29, 1.82) is 0 Å². The van der Waals surface area contributed by atoms with Gasteiger partial charge in [0.05, 0.1) is 5.75 Å². The molecule has 6 heteroatoms. The SMILES string of the molecule is CCCCCCCCCCCCCCCCC=CC(=O)NOS(=O)(=O)CC. The number of carbonyl (C=O) groups is 1. The first-order valence-electron chi connectivity index (χ1n) is 10.9. The summed E-state index contributed by atoms with van der Waals surface area (Å²) in [6, 6.07) is 0. The minimum Gasteiger partial charge on any atom is -0.268 e. The zero-order valence-electron chi connectivity index (χ0n) is 17.5. The van der Waals surface area contributed by atoms with Crippen molar-refractivity contribution in [1.82, 2.24) is 5.48 Å². The Bertz CT molecular complexity index is 475. The molecule has 0 aliphatic rings. The molecule has 27 heavy (non-hydrogen) atoms. The summed E-state index contributed by atoms with van der Waals surface area (Å²) in [5, 5.41) is 0. The lowest BCUT2D eigenvalue weighted by molar-refractivity contribution is -0.122. The van der Waals surface area contributed by atoms with Gasteiger partial charge < -0.3 is 0 Å². The first-order chi connectivity index (χ1) is 13.0. The van der Waals surface area contributed by atoms with Gasteiger partial charge in [-0.05, 0) is 19.8 Å². The van der Waals surface area contributed by atoms with E-state index in [0.29, 0.717) is 0 Å². The van der Waals surface area contributed by atoms with Gasteiger partial charge in [0.1, 0.15) is 0 Å². The molecule has 160 valence electrons. The van der Waals surface area contributed by atoms with Crippen LogP contribution in [0.2, 0.25) is 0 Å². The molecular formula is C21H41NO4S. The van der Waals surface area contributed by atoms with Crippen LogP contribution in [-0.4, -0.2) is 20.1 Å². The number of carbonyl (C=O) groups excluding carboxylic acids is 1. The molecule has 0 rings (SSSR count). The predicted molar refractivity (Wildman–Crippen MR) is 113 cm³/mol. The van der Waals surface area contributed by atoms with Crippen molar-refractivity contribution in [3.8, 4) is 0 Å². The summed E-state index contributed by atoms with van der Waals surface area (Å²) in [4.78, 5) is 11.4. The third-order valence-electron chi connectivity index (χ3n) is 4.62. The third kappa shape index (κ3) is 19.7. The average Bonchev–Trinajstić information content (AvgIpc) is 2.66. The number of hydrogen-bond donors (Lipinski definition) is 1. The van der Waals surface area contributed by atoms with E-state index >= 15 is 0 Å². The molecule has 5 nitrogen and oxygen atoms in total. The topological polar surface area (TPSA) is 72.5 Å². The van der Waals surface area contributed by atoms with E-state index in [0.717, 1.165) is 12.8 Å². The first kappa shape index (κ1) is 26.1. The molecule has 0 aromatic rings. The summed E-state index contributed by atoms with van der Waals surface area (Å²) in [6.45, 7) is 3.71. The summed E-state index contributed by atoms with van der Waals surface area (Å²) in [7, 11) is -3.64. The van der Waals surface area contributed by atoms with Crippen LogP contribution in [-0.2, 0) is 19.2 Å². The Morgan fingerprint density at radius 1 is 0.778 bits per heavy atom. The first-order valence-corrected chi connectivity index (χ1v) is 12.5. The highest BCUT2D eigenvalue weighted by molar-refractivity contribution is 7.86. The van der Waals surface area contributed by atoms with Crippen LogP contribution in [0.15, 0.2) is 12.2 Å². The monoisotopic (exact) mass is 403 g/mol. The molecule has 0 unspecified atom stereocenters. The summed E-state index contributed by atoms with van der Waals surface area (Å²) in [6.07, 6.45) is 22.5. The Morgan fingerprint density at radius 2 is 1.22 bits per heavy atom. The van der Waals surface area contributed by atoms with E-state index in [1.54, 1.807) is 6.08 Å². The highest BCUT2D eigenvalue weighted by Gasteiger charge is 2.08. The van der Waals surface area contributed by atoms with Gasteiger partial charge in [-0.1, -0.05) is 96.5 Å². The van der Waals surface area contributed by atoms with Crippen LogP contribution in [0.25, 0.3) is 0 Å². The predicted octanol–water partition coefficient (Wildman–Crippen LogP) is 5.81. The van der Waals surface area contributed by atoms with Crippen LogP contribution in [0.1, 0.15) is 110 Å². The summed E-state index contributed by atoms with van der Waals surface area (Å²) < 4.78 is 26.5. The summed E-state index contributed by atoms with van der Waals surface area (Å²) in [5.74, 6) is -0.715. The quantitative estimate of drug-likeness (QED) is 0.168. The number of hydroxylamine groups is 1. The van der Waals surface area contributed by atoms with Crippen LogP contribution in [0.3, 0.4) is 0 Å². The molecule has 0 bridgehead atoms. The van der Waals surface area contributed by atoms with Gasteiger partial charge in [-0.3, -0.25) is 4.79 Å². The van der Waals surface area contributed by atoms with Crippen molar-refractivity contribution in [2.24, 2.45) is 0 Å². The van der Waals surface area contributed by atoms with E-state index in [1.807, 2.05) is 5.48 Å². The van der Waals surface area contributed by atoms with Crippen molar-refractivity contribution < 1.29 is 17.5 Å². The minimum atomic E-state index is -3.64. The van der Waals surface area contributed by atoms with Gasteiger partial charge in [-0.15, -0.1) is 4.28 Å². The highest BCUT2D eigenvalue weighted by Crippen LogP contribution is 2.13. The van der Waals surface area contributed by atoms with E-state index in [1.165, 1.54) is 96.5 Å². The lowest BCUT2D eigenvalue weighted by atomic mass is 10.0. The number of unbranched alkanes of at least 4 members (excludes halogenated alkanes) is 14. The van der Waals surface area contributed by atoms with Gasteiger partial charge >= 0.3 is 0 Å². The molecule has 0 radical (unpaired) electrons. The minimum absolute atomic E-state index is 0.171. The van der Waals surface area contributed by atoms with Gasteiger partial charge in [0, 0.05) is 6.08 Å². The molecule has 0 aromatic carbocycles. The molecule has 0 spiro atoms. The summed E-state index contributed by atoms with van der Waals surface area (Å²) >= 11 is 0. The molecule has 0 saturated heterocycles. The fourth-order valence-electron chi connectivity index (χ4n) is 2.84. The molecule has 1 amide bonds. The lowest BCUT2D eigenvalue weighted by Crippen LogP contribution is -2.26. The zero-order chi connectivity index (χ0) is 20.2. The molecule has 0 fully saturated rings. The number of hydrogen-bond acceptors (Lipinski definition) is 4. The van der Waals surface area contributed by atoms with Crippen molar-refractivity contribution in [2.75, 3.05) is 5.75 Å². The second kappa shape index (κ2) is 18.5. The third-order valence-corrected chi connectivity index (χ3v) is 5.66.